The van der Waals surface area contributed by atoms with Crippen LogP contribution in [0.3, 0.4) is 0 Å². The van der Waals surface area contributed by atoms with Gasteiger partial charge in [0.25, 0.3) is 0 Å². The van der Waals surface area contributed by atoms with Crippen molar-refractivity contribution >= 4 is 40.0 Å². The number of benzene rings is 1. The summed E-state index contributed by atoms with van der Waals surface area (Å²) in [6.45, 7) is 2.64. The Bertz CT molecular complexity index is 1700. The molecule has 0 bridgehead atoms. The molecule has 51 heavy (non-hydrogen) atoms. The molecule has 4 N–H and O–H groups in total. The van der Waals surface area contributed by atoms with E-state index < -0.39 is 23.7 Å². The summed E-state index contributed by atoms with van der Waals surface area (Å²) in [6.07, 6.45) is 14.4. The second kappa shape index (κ2) is 16.7. The molecule has 5 atom stereocenters. The van der Waals surface area contributed by atoms with Crippen molar-refractivity contribution in [2.24, 2.45) is 29.4 Å². The molecule has 1 unspecified atom stereocenters. The molecule has 3 aliphatic rings. The highest BCUT2D eigenvalue weighted by molar-refractivity contribution is 7.10. The van der Waals surface area contributed by atoms with Crippen LogP contribution in [-0.2, 0) is 14.4 Å². The number of fused-ring (bicyclic) bond motifs is 1. The predicted octanol–water partition coefficient (Wildman–Crippen LogP) is 7.31. The molecular formula is C40H55N4O6S+. The van der Waals surface area contributed by atoms with Crippen LogP contribution in [0.4, 0.5) is 0 Å². The highest BCUT2D eigenvalue weighted by Gasteiger charge is 2.44. The summed E-state index contributed by atoms with van der Waals surface area (Å²) in [5, 5.41) is 13.5. The topological polar surface area (TPSA) is 146 Å². The Morgan fingerprint density at radius 2 is 1.76 bits per heavy atom. The maximum atomic E-state index is 13.7. The minimum atomic E-state index is -0.657. The van der Waals surface area contributed by atoms with Gasteiger partial charge in [0.2, 0.25) is 23.0 Å². The van der Waals surface area contributed by atoms with Crippen LogP contribution in [0.2, 0.25) is 0 Å². The molecule has 2 amide bonds. The molecule has 276 valence electrons. The summed E-state index contributed by atoms with van der Waals surface area (Å²) in [4.78, 5) is 48.1. The molecule has 6 rings (SSSR count). The highest BCUT2D eigenvalue weighted by Crippen LogP contribution is 2.41. The number of hydrogen-bond acceptors (Lipinski definition) is 7. The molecule has 3 aliphatic carbocycles. The summed E-state index contributed by atoms with van der Waals surface area (Å²) in [5.41, 5.74) is 9.50. The quantitative estimate of drug-likeness (QED) is 0.157. The average molecular weight is 720 g/mol. The summed E-state index contributed by atoms with van der Waals surface area (Å²) < 4.78 is 12.4. The number of aromatic nitrogens is 2. The third kappa shape index (κ3) is 8.67. The number of carbonyl (C=O) groups is 3. The fraction of sp³-hybridized carbons (Fsp3) is 0.625. The molecular weight excluding hydrogens is 665 g/mol. The van der Waals surface area contributed by atoms with Crippen LogP contribution >= 0.6 is 11.3 Å². The van der Waals surface area contributed by atoms with Crippen molar-refractivity contribution in [2.75, 3.05) is 20.7 Å². The van der Waals surface area contributed by atoms with Gasteiger partial charge in [-0.05, 0) is 76.3 Å². The number of primary amides is 1. The first-order valence-corrected chi connectivity index (χ1v) is 19.9. The molecule has 0 spiro atoms. The van der Waals surface area contributed by atoms with E-state index in [4.69, 9.17) is 20.2 Å². The van der Waals surface area contributed by atoms with Gasteiger partial charge in [0, 0.05) is 24.9 Å². The number of amides is 2. The summed E-state index contributed by atoms with van der Waals surface area (Å²) in [5.74, 6) is 0.0357. The third-order valence-corrected chi connectivity index (χ3v) is 12.8. The van der Waals surface area contributed by atoms with Gasteiger partial charge >= 0.3 is 5.97 Å². The Morgan fingerprint density at radius 3 is 2.49 bits per heavy atom. The number of aliphatic carboxylic acids is 1. The van der Waals surface area contributed by atoms with E-state index in [2.05, 4.69) is 10.4 Å². The molecule has 2 aromatic heterocycles. The number of H-pyrrole nitrogens is 1. The van der Waals surface area contributed by atoms with E-state index in [1.807, 2.05) is 32.2 Å². The zero-order valence-electron chi connectivity index (χ0n) is 30.5. The van der Waals surface area contributed by atoms with Crippen molar-refractivity contribution in [3.63, 3.8) is 0 Å². The Labute approximate surface area is 305 Å². The number of pyridine rings is 1. The van der Waals surface area contributed by atoms with Gasteiger partial charge in [-0.25, -0.2) is 9.97 Å². The Morgan fingerprint density at radius 1 is 1.00 bits per heavy atom. The SMILES string of the molecule is COc1ccc2c(O[C@@H]3CC(C(N)=O)[C@H](C(=O)N(C)CCCCCC[C@H]4CC[C@H](C(=O)O)C4)C3)cc(-c3csc(C4CCCCC4)n3)[nH+]c2c1C. The Hall–Kier alpha value is -3.73. The lowest BCUT2D eigenvalue weighted by atomic mass is 9.90. The van der Waals surface area contributed by atoms with Gasteiger partial charge in [-0.2, -0.15) is 0 Å². The minimum absolute atomic E-state index is 0.0548. The maximum absolute atomic E-state index is 13.7. The number of aromatic amines is 1. The molecule has 0 saturated heterocycles. The number of carbonyl (C=O) groups excluding carboxylic acids is 2. The lowest BCUT2D eigenvalue weighted by Crippen LogP contribution is -2.39. The van der Waals surface area contributed by atoms with Crippen LogP contribution in [-0.4, -0.2) is 59.6 Å². The normalized spacial score (nSPS) is 23.8. The van der Waals surface area contributed by atoms with Crippen molar-refractivity contribution in [3.8, 4) is 22.9 Å². The largest absolute Gasteiger partial charge is 0.496 e. The smallest absolute Gasteiger partial charge is 0.306 e. The summed E-state index contributed by atoms with van der Waals surface area (Å²) in [7, 11) is 3.48. The number of unbranched alkanes of at least 4 members (excludes halogenated alkanes) is 3. The van der Waals surface area contributed by atoms with Crippen LogP contribution < -0.4 is 20.2 Å². The molecule has 3 aromatic rings. The predicted molar refractivity (Wildman–Crippen MR) is 198 cm³/mol. The third-order valence-electron chi connectivity index (χ3n) is 11.8. The minimum Gasteiger partial charge on any atom is -0.496 e. The summed E-state index contributed by atoms with van der Waals surface area (Å²) >= 11 is 1.72. The average Bonchev–Trinajstić information content (AvgIpc) is 3.91. The molecule has 10 nitrogen and oxygen atoms in total. The number of carboxylic acids is 1. The van der Waals surface area contributed by atoms with Crippen LogP contribution in [0.15, 0.2) is 23.6 Å². The van der Waals surface area contributed by atoms with E-state index in [-0.39, 0.29) is 17.9 Å². The fourth-order valence-electron chi connectivity index (χ4n) is 8.79. The Kier molecular flexibility index (Phi) is 12.2. The van der Waals surface area contributed by atoms with Crippen LogP contribution in [0.25, 0.3) is 22.3 Å². The molecule has 11 heteroatoms. The zero-order chi connectivity index (χ0) is 36.1. The van der Waals surface area contributed by atoms with Gasteiger partial charge in [-0.15, -0.1) is 11.3 Å². The number of nitrogens with one attached hydrogen (secondary N) is 1. The van der Waals surface area contributed by atoms with E-state index in [0.29, 0.717) is 37.0 Å². The number of hydrogen-bond donors (Lipinski definition) is 2. The number of nitrogens with zero attached hydrogens (tertiary/aromatic N) is 2. The first-order valence-electron chi connectivity index (χ1n) is 19.1. The van der Waals surface area contributed by atoms with E-state index in [1.165, 1.54) is 37.1 Å². The second-order valence-corrected chi connectivity index (χ2v) is 16.2. The highest BCUT2D eigenvalue weighted by atomic mass is 32.1. The van der Waals surface area contributed by atoms with Crippen molar-refractivity contribution in [2.45, 2.75) is 115 Å². The van der Waals surface area contributed by atoms with Gasteiger partial charge in [0.1, 0.15) is 23.3 Å². The number of rotatable bonds is 15. The van der Waals surface area contributed by atoms with Crippen molar-refractivity contribution in [1.29, 1.82) is 0 Å². The standard InChI is InChI=1S/C40H54N4O6S/c1-24-34(49-3)17-16-29-35(22-32(42-36(24)29)33-23-51-38(43-33)26-12-8-6-9-13-26)50-28-20-30(37(41)45)31(21-28)39(46)44(2)18-10-5-4-7-11-25-14-15-27(19-25)40(47)48/h16-17,22-23,25-28,30-31H,4-15,18-21H2,1-3H3,(H2,41,45)(H,47,48)/p+1/t25-,27-,28+,30?,31+/m0/s1. The van der Waals surface area contributed by atoms with Crippen molar-refractivity contribution in [1.82, 2.24) is 9.88 Å². The monoisotopic (exact) mass is 719 g/mol. The van der Waals surface area contributed by atoms with E-state index >= 15 is 0 Å². The molecule has 2 heterocycles. The first kappa shape index (κ1) is 37.0. The second-order valence-electron chi connectivity index (χ2n) is 15.3. The van der Waals surface area contributed by atoms with Gasteiger partial charge in [0.05, 0.1) is 46.9 Å². The fourth-order valence-corrected chi connectivity index (χ4v) is 9.78. The Balaban J connectivity index is 1.10. The van der Waals surface area contributed by atoms with Crippen LogP contribution in [0, 0.1) is 30.6 Å². The maximum Gasteiger partial charge on any atom is 0.306 e. The number of thiazole rings is 1. The number of nitrogens with two attached hydrogens (primary N) is 1. The molecule has 0 aliphatic heterocycles. The number of aryl methyl sites for hydroxylation is 1. The van der Waals surface area contributed by atoms with E-state index in [1.54, 1.807) is 23.3 Å². The number of methoxy groups -OCH3 is 1. The van der Waals surface area contributed by atoms with E-state index in [9.17, 15) is 19.5 Å². The number of ether oxygens (including phenoxy) is 2. The lowest BCUT2D eigenvalue weighted by molar-refractivity contribution is -0.331. The molecule has 1 aromatic carbocycles. The van der Waals surface area contributed by atoms with Crippen molar-refractivity contribution in [3.05, 3.63) is 34.2 Å². The zero-order valence-corrected chi connectivity index (χ0v) is 31.3. The van der Waals surface area contributed by atoms with Crippen LogP contribution in [0.5, 0.6) is 11.5 Å². The molecule has 3 fully saturated rings. The first-order chi connectivity index (χ1) is 24.6. The summed E-state index contributed by atoms with van der Waals surface area (Å²) in [6, 6.07) is 5.93. The molecule has 0 radical (unpaired) electrons. The van der Waals surface area contributed by atoms with Gasteiger partial charge in [-0.1, -0.05) is 44.9 Å². The lowest BCUT2D eigenvalue weighted by Gasteiger charge is -2.23. The van der Waals surface area contributed by atoms with E-state index in [0.717, 1.165) is 85.0 Å². The molecule has 3 saturated carbocycles. The number of carboxylic acid groups (broad SMARTS) is 1. The van der Waals surface area contributed by atoms with Gasteiger partial charge in [-0.3, -0.25) is 14.4 Å². The van der Waals surface area contributed by atoms with Crippen LogP contribution in [0.1, 0.15) is 113 Å². The van der Waals surface area contributed by atoms with Gasteiger partial charge in [0.15, 0.2) is 0 Å². The van der Waals surface area contributed by atoms with Crippen molar-refractivity contribution < 1.29 is 33.9 Å². The van der Waals surface area contributed by atoms with Gasteiger partial charge < -0.3 is 25.2 Å².